The van der Waals surface area contributed by atoms with Gasteiger partial charge in [0.1, 0.15) is 0 Å². The van der Waals surface area contributed by atoms with Crippen LogP contribution in [0.15, 0.2) is 0 Å². The third kappa shape index (κ3) is 13.9. The van der Waals surface area contributed by atoms with Gasteiger partial charge in [-0.05, 0) is 6.42 Å². The average Bonchev–Trinajstić information content (AvgIpc) is 2.15. The van der Waals surface area contributed by atoms with E-state index in [1.54, 1.807) is 0 Å². The van der Waals surface area contributed by atoms with Crippen LogP contribution in [0.3, 0.4) is 0 Å². The van der Waals surface area contributed by atoms with Crippen molar-refractivity contribution in [2.45, 2.75) is 58.3 Å². The van der Waals surface area contributed by atoms with Gasteiger partial charge in [0.05, 0.1) is 0 Å². The van der Waals surface area contributed by atoms with E-state index in [0.717, 1.165) is 19.3 Å². The first-order chi connectivity index (χ1) is 7.16. The zero-order valence-electron chi connectivity index (χ0n) is 10.3. The van der Waals surface area contributed by atoms with Crippen molar-refractivity contribution >= 4 is 41.7 Å². The van der Waals surface area contributed by atoms with Gasteiger partial charge in [0.25, 0.3) is 0 Å². The number of unbranched alkanes of at least 4 members (excludes halogenated alkanes) is 6. The summed E-state index contributed by atoms with van der Waals surface area (Å²) >= 11 is 0. The smallest absolute Gasteiger partial charge is 0.449 e. The molecule has 0 spiro atoms. The normalized spacial score (nSPS) is 9.31. The van der Waals surface area contributed by atoms with E-state index in [1.165, 1.54) is 25.7 Å². The molecule has 0 amide bonds. The molecule has 0 aromatic carbocycles. The summed E-state index contributed by atoms with van der Waals surface area (Å²) in [5.74, 6) is -0.643. The van der Waals surface area contributed by atoms with E-state index in [2.05, 4.69) is 11.7 Å². The topological polar surface area (TPSA) is 63.6 Å². The molecule has 0 fully saturated rings. The zero-order chi connectivity index (χ0) is 11.5. The van der Waals surface area contributed by atoms with Gasteiger partial charge in [0, 0.05) is 36.0 Å². The summed E-state index contributed by atoms with van der Waals surface area (Å²) in [6.45, 7) is 2.17. The molecular formula is C11H20NaO4. The van der Waals surface area contributed by atoms with Crippen LogP contribution < -0.4 is 0 Å². The minimum absolute atomic E-state index is 0. The largest absolute Gasteiger partial charge is 0.513 e. The molecule has 0 bridgehead atoms. The van der Waals surface area contributed by atoms with Gasteiger partial charge in [-0.25, -0.2) is 4.79 Å². The molecule has 0 heterocycles. The number of hydrogen-bond donors (Lipinski definition) is 1. The minimum atomic E-state index is -1.51. The Morgan fingerprint density at radius 3 is 2.00 bits per heavy atom. The fraction of sp³-hybridized carbons (Fsp3) is 0.818. The van der Waals surface area contributed by atoms with Crippen molar-refractivity contribution in [3.8, 4) is 0 Å². The Hall–Kier alpha value is -0.0600. The number of carbonyl (C=O) groups excluding carboxylic acids is 1. The molecule has 89 valence electrons. The molecule has 0 aliphatic heterocycles. The molecule has 1 radical (unpaired) electrons. The maximum atomic E-state index is 10.8. The summed E-state index contributed by atoms with van der Waals surface area (Å²) in [5, 5.41) is 8.14. The van der Waals surface area contributed by atoms with Crippen molar-refractivity contribution in [3.63, 3.8) is 0 Å². The van der Waals surface area contributed by atoms with Crippen molar-refractivity contribution in [2.75, 3.05) is 0 Å². The van der Waals surface area contributed by atoms with Crippen LogP contribution in [0, 0.1) is 0 Å². The van der Waals surface area contributed by atoms with Crippen molar-refractivity contribution in [2.24, 2.45) is 0 Å². The summed E-state index contributed by atoms with van der Waals surface area (Å²) < 4.78 is 3.97. The molecule has 0 rings (SSSR count). The van der Waals surface area contributed by atoms with Crippen molar-refractivity contribution < 1.29 is 19.4 Å². The first-order valence-electron chi connectivity index (χ1n) is 5.60. The van der Waals surface area contributed by atoms with Gasteiger partial charge >= 0.3 is 12.1 Å². The predicted molar refractivity (Wildman–Crippen MR) is 62.5 cm³/mol. The molecule has 0 atom stereocenters. The Kier molecular flexibility index (Phi) is 14.9. The quantitative estimate of drug-likeness (QED) is 0.306. The Morgan fingerprint density at radius 1 is 1.00 bits per heavy atom. The molecule has 0 aliphatic rings. The molecular weight excluding hydrogens is 219 g/mol. The van der Waals surface area contributed by atoms with Gasteiger partial charge in [0.2, 0.25) is 0 Å². The standard InChI is InChI=1S/C11H20O4.Na/c1-2-3-4-5-6-7-8-9-10(12)15-11(13)14;/h2-9H2,1H3,(H,13,14);. The van der Waals surface area contributed by atoms with Crippen molar-refractivity contribution in [1.29, 1.82) is 0 Å². The van der Waals surface area contributed by atoms with Crippen molar-refractivity contribution in [1.82, 2.24) is 0 Å². The van der Waals surface area contributed by atoms with E-state index in [9.17, 15) is 9.59 Å². The van der Waals surface area contributed by atoms with E-state index in [4.69, 9.17) is 5.11 Å². The molecule has 1 N–H and O–H groups in total. The summed E-state index contributed by atoms with van der Waals surface area (Å²) in [6, 6.07) is 0. The average molecular weight is 239 g/mol. The van der Waals surface area contributed by atoms with Crippen LogP contribution in [0.1, 0.15) is 58.3 Å². The van der Waals surface area contributed by atoms with Gasteiger partial charge < -0.3 is 9.84 Å². The molecule has 0 unspecified atom stereocenters. The number of carbonyl (C=O) groups is 2. The number of hydrogen-bond acceptors (Lipinski definition) is 3. The van der Waals surface area contributed by atoms with Gasteiger partial charge in [0.15, 0.2) is 0 Å². The summed E-state index contributed by atoms with van der Waals surface area (Å²) in [5.41, 5.74) is 0. The number of ether oxygens (including phenoxy) is 1. The van der Waals surface area contributed by atoms with Gasteiger partial charge in [-0.15, -0.1) is 0 Å². The van der Waals surface area contributed by atoms with Crippen LogP contribution in [0.2, 0.25) is 0 Å². The van der Waals surface area contributed by atoms with E-state index in [0.29, 0.717) is 0 Å². The van der Waals surface area contributed by atoms with Crippen LogP contribution in [0.5, 0.6) is 0 Å². The molecule has 0 aromatic heterocycles. The second kappa shape index (κ2) is 13.0. The first-order valence-corrected chi connectivity index (χ1v) is 5.60. The Balaban J connectivity index is 0. The Labute approximate surface area is 119 Å². The molecule has 16 heavy (non-hydrogen) atoms. The molecule has 0 aliphatic carbocycles. The second-order valence-electron chi connectivity index (χ2n) is 3.61. The molecule has 0 aromatic rings. The van der Waals surface area contributed by atoms with Crippen LogP contribution in [-0.4, -0.2) is 46.8 Å². The predicted octanol–water partition coefficient (Wildman–Crippen LogP) is 2.97. The second-order valence-corrected chi connectivity index (χ2v) is 3.61. The number of rotatable bonds is 8. The van der Waals surface area contributed by atoms with Gasteiger partial charge in [-0.3, -0.25) is 4.79 Å². The Morgan fingerprint density at radius 2 is 1.50 bits per heavy atom. The first kappa shape index (κ1) is 18.3. The van der Waals surface area contributed by atoms with E-state index >= 15 is 0 Å². The third-order valence-electron chi connectivity index (χ3n) is 2.19. The fourth-order valence-corrected chi connectivity index (χ4v) is 1.37. The molecule has 0 saturated carbocycles. The maximum absolute atomic E-state index is 10.8. The van der Waals surface area contributed by atoms with Crippen molar-refractivity contribution in [3.05, 3.63) is 0 Å². The van der Waals surface area contributed by atoms with Crippen LogP contribution in [-0.2, 0) is 9.53 Å². The van der Waals surface area contributed by atoms with Crippen LogP contribution in [0.4, 0.5) is 4.79 Å². The SMILES string of the molecule is CCCCCCCCCC(=O)OC(=O)O.[Na]. The number of carboxylic acid groups (broad SMARTS) is 1. The van der Waals surface area contributed by atoms with Gasteiger partial charge in [-0.2, -0.15) is 0 Å². The minimum Gasteiger partial charge on any atom is -0.449 e. The third-order valence-corrected chi connectivity index (χ3v) is 2.19. The van der Waals surface area contributed by atoms with E-state index in [-0.39, 0.29) is 36.0 Å². The Bertz CT molecular complexity index is 194. The monoisotopic (exact) mass is 239 g/mol. The van der Waals surface area contributed by atoms with E-state index in [1.807, 2.05) is 0 Å². The summed E-state index contributed by atoms with van der Waals surface area (Å²) in [6.07, 6.45) is 6.43. The molecule has 4 nitrogen and oxygen atoms in total. The number of esters is 1. The van der Waals surface area contributed by atoms with E-state index < -0.39 is 12.1 Å². The zero-order valence-corrected chi connectivity index (χ0v) is 12.3. The molecule has 0 saturated heterocycles. The summed E-state index contributed by atoms with van der Waals surface area (Å²) in [7, 11) is 0. The fourth-order valence-electron chi connectivity index (χ4n) is 1.37. The maximum Gasteiger partial charge on any atom is 0.513 e. The molecule has 5 heteroatoms. The van der Waals surface area contributed by atoms with Gasteiger partial charge in [-0.1, -0.05) is 45.4 Å². The summed E-state index contributed by atoms with van der Waals surface area (Å²) in [4.78, 5) is 20.8. The van der Waals surface area contributed by atoms with Crippen LogP contribution in [0.25, 0.3) is 0 Å². The van der Waals surface area contributed by atoms with Crippen LogP contribution >= 0.6 is 0 Å².